The Morgan fingerprint density at radius 2 is 1.61 bits per heavy atom. The highest BCUT2D eigenvalue weighted by atomic mass is 16.5. The molecule has 0 aromatic heterocycles. The average molecular weight is 324 g/mol. The summed E-state index contributed by atoms with van der Waals surface area (Å²) in [4.78, 5) is 35.6. The fraction of sp³-hybridized carbons (Fsp3) is 0.400. The van der Waals surface area contributed by atoms with Crippen molar-refractivity contribution < 1.29 is 28.6 Å². The summed E-state index contributed by atoms with van der Waals surface area (Å²) < 4.78 is 14.5. The first-order chi connectivity index (χ1) is 10.9. The van der Waals surface area contributed by atoms with E-state index in [9.17, 15) is 14.4 Å². The van der Waals surface area contributed by atoms with Gasteiger partial charge in [-0.15, -0.1) is 0 Å². The quantitative estimate of drug-likeness (QED) is 0.572. The molecule has 1 aromatic rings. The molecule has 0 saturated carbocycles. The van der Waals surface area contributed by atoms with Crippen molar-refractivity contribution in [1.29, 1.82) is 0 Å². The molecule has 126 valence electrons. The highest BCUT2D eigenvalue weighted by Gasteiger charge is 2.21. The highest BCUT2D eigenvalue weighted by Crippen LogP contribution is 2.25. The third-order valence-electron chi connectivity index (χ3n) is 2.73. The minimum Gasteiger partial charge on any atom is -0.462 e. The molecule has 0 saturated heterocycles. The summed E-state index contributed by atoms with van der Waals surface area (Å²) >= 11 is 0. The maximum Gasteiger partial charge on any atom is 0.340 e. The average Bonchev–Trinajstić information content (AvgIpc) is 2.49. The molecule has 0 bridgehead atoms. The largest absolute Gasteiger partial charge is 0.462 e. The topological polar surface area (TPSA) is 117 Å². The second-order valence-corrected chi connectivity index (χ2v) is 4.41. The summed E-state index contributed by atoms with van der Waals surface area (Å²) in [5.74, 6) is -1.80. The molecule has 0 unspecified atom stereocenters. The van der Waals surface area contributed by atoms with Gasteiger partial charge in [-0.3, -0.25) is 4.79 Å². The second-order valence-electron chi connectivity index (χ2n) is 4.41. The fourth-order valence-corrected chi connectivity index (χ4v) is 1.80. The zero-order valence-corrected chi connectivity index (χ0v) is 13.3. The van der Waals surface area contributed by atoms with Crippen LogP contribution in [-0.2, 0) is 19.0 Å². The van der Waals surface area contributed by atoms with Crippen LogP contribution in [-0.4, -0.2) is 44.8 Å². The highest BCUT2D eigenvalue weighted by molar-refractivity contribution is 6.06. The van der Waals surface area contributed by atoms with Gasteiger partial charge in [0.05, 0.1) is 30.0 Å². The summed E-state index contributed by atoms with van der Waals surface area (Å²) in [6.07, 6.45) is 0. The van der Waals surface area contributed by atoms with Crippen molar-refractivity contribution in [1.82, 2.24) is 0 Å². The summed E-state index contributed by atoms with van der Waals surface area (Å²) in [6.45, 7) is 3.42. The molecule has 1 rings (SSSR count). The van der Waals surface area contributed by atoms with Crippen LogP contribution in [0.1, 0.15) is 34.6 Å². The maximum absolute atomic E-state index is 12.0. The Kier molecular flexibility index (Phi) is 7.01. The SMILES string of the molecule is CCOC(=O)c1cc(NC(=O)COC)c(C(=O)OCC)cc1N. The second kappa shape index (κ2) is 8.74. The van der Waals surface area contributed by atoms with Crippen LogP contribution >= 0.6 is 0 Å². The molecular formula is C15H20N2O6. The molecule has 0 heterocycles. The Balaban J connectivity index is 3.27. The van der Waals surface area contributed by atoms with E-state index in [4.69, 9.17) is 19.9 Å². The lowest BCUT2D eigenvalue weighted by Crippen LogP contribution is -2.21. The molecule has 1 amide bonds. The van der Waals surface area contributed by atoms with E-state index in [0.717, 1.165) is 0 Å². The summed E-state index contributed by atoms with van der Waals surface area (Å²) in [5, 5.41) is 2.49. The third-order valence-corrected chi connectivity index (χ3v) is 2.73. The van der Waals surface area contributed by atoms with Crippen LogP contribution in [0.4, 0.5) is 11.4 Å². The number of rotatable bonds is 7. The van der Waals surface area contributed by atoms with Crippen LogP contribution in [0.3, 0.4) is 0 Å². The number of benzene rings is 1. The normalized spacial score (nSPS) is 10.0. The number of hydrogen-bond donors (Lipinski definition) is 2. The first kappa shape index (κ1) is 18.4. The predicted molar refractivity (Wildman–Crippen MR) is 83.3 cm³/mol. The molecule has 3 N–H and O–H groups in total. The molecule has 0 spiro atoms. The Labute approximate surface area is 133 Å². The Bertz CT molecular complexity index is 600. The monoisotopic (exact) mass is 324 g/mol. The Morgan fingerprint density at radius 1 is 1.04 bits per heavy atom. The van der Waals surface area contributed by atoms with Crippen LogP contribution < -0.4 is 11.1 Å². The molecule has 0 aliphatic rings. The number of methoxy groups -OCH3 is 1. The first-order valence-corrected chi connectivity index (χ1v) is 7.01. The van der Waals surface area contributed by atoms with Gasteiger partial charge in [0.2, 0.25) is 5.91 Å². The van der Waals surface area contributed by atoms with E-state index >= 15 is 0 Å². The summed E-state index contributed by atoms with van der Waals surface area (Å²) in [6, 6.07) is 2.56. The standard InChI is InChI=1S/C15H20N2O6/c1-4-22-14(19)9-7-12(17-13(18)8-21-3)10(6-11(9)16)15(20)23-5-2/h6-7H,4-5,8,16H2,1-3H3,(H,17,18). The van der Waals surface area contributed by atoms with Crippen LogP contribution in [0.25, 0.3) is 0 Å². The number of esters is 2. The van der Waals surface area contributed by atoms with Crippen molar-refractivity contribution in [3.8, 4) is 0 Å². The lowest BCUT2D eigenvalue weighted by molar-refractivity contribution is -0.119. The molecule has 23 heavy (non-hydrogen) atoms. The van der Waals surface area contributed by atoms with Gasteiger partial charge in [0.1, 0.15) is 6.61 Å². The molecule has 0 atom stereocenters. The van der Waals surface area contributed by atoms with Gasteiger partial charge < -0.3 is 25.3 Å². The number of ether oxygens (including phenoxy) is 3. The first-order valence-electron chi connectivity index (χ1n) is 7.01. The lowest BCUT2D eigenvalue weighted by atomic mass is 10.1. The van der Waals surface area contributed by atoms with Gasteiger partial charge in [0.15, 0.2) is 0 Å². The van der Waals surface area contributed by atoms with E-state index in [1.165, 1.54) is 19.2 Å². The number of hydrogen-bond acceptors (Lipinski definition) is 7. The molecule has 8 heteroatoms. The predicted octanol–water partition coefficient (Wildman–Crippen LogP) is 1.21. The van der Waals surface area contributed by atoms with E-state index in [0.29, 0.717) is 0 Å². The van der Waals surface area contributed by atoms with Crippen molar-refractivity contribution in [2.45, 2.75) is 13.8 Å². The fourth-order valence-electron chi connectivity index (χ4n) is 1.80. The van der Waals surface area contributed by atoms with E-state index in [-0.39, 0.29) is 42.3 Å². The lowest BCUT2D eigenvalue weighted by Gasteiger charge is -2.14. The maximum atomic E-state index is 12.0. The number of carbonyl (C=O) groups excluding carboxylic acids is 3. The molecule has 0 radical (unpaired) electrons. The molecule has 0 aliphatic heterocycles. The minimum absolute atomic E-state index is 0.0434. The smallest absolute Gasteiger partial charge is 0.340 e. The van der Waals surface area contributed by atoms with Gasteiger partial charge in [0, 0.05) is 12.8 Å². The minimum atomic E-state index is -0.665. The van der Waals surface area contributed by atoms with E-state index < -0.39 is 17.8 Å². The van der Waals surface area contributed by atoms with E-state index in [1.54, 1.807) is 13.8 Å². The van der Waals surface area contributed by atoms with Crippen molar-refractivity contribution in [3.63, 3.8) is 0 Å². The van der Waals surface area contributed by atoms with Crippen LogP contribution in [0.15, 0.2) is 12.1 Å². The molecule has 8 nitrogen and oxygen atoms in total. The number of carbonyl (C=O) groups is 3. The summed E-state index contributed by atoms with van der Waals surface area (Å²) in [7, 11) is 1.36. The number of amides is 1. The Morgan fingerprint density at radius 3 is 2.13 bits per heavy atom. The summed E-state index contributed by atoms with van der Waals surface area (Å²) in [5.41, 5.74) is 6.04. The number of nitrogens with two attached hydrogens (primary N) is 1. The molecule has 1 aromatic carbocycles. The van der Waals surface area contributed by atoms with Crippen molar-refractivity contribution in [2.75, 3.05) is 38.0 Å². The van der Waals surface area contributed by atoms with Gasteiger partial charge in [0.25, 0.3) is 0 Å². The zero-order valence-electron chi connectivity index (χ0n) is 13.3. The molecule has 0 aliphatic carbocycles. The zero-order chi connectivity index (χ0) is 17.4. The van der Waals surface area contributed by atoms with Crippen LogP contribution in [0.5, 0.6) is 0 Å². The molecule has 0 fully saturated rings. The van der Waals surface area contributed by atoms with E-state index in [1.807, 2.05) is 0 Å². The van der Waals surface area contributed by atoms with Crippen molar-refractivity contribution >= 4 is 29.2 Å². The number of anilines is 2. The van der Waals surface area contributed by atoms with Gasteiger partial charge in [-0.25, -0.2) is 9.59 Å². The Hall–Kier alpha value is -2.61. The van der Waals surface area contributed by atoms with Crippen molar-refractivity contribution in [3.05, 3.63) is 23.3 Å². The van der Waals surface area contributed by atoms with Gasteiger partial charge in [-0.1, -0.05) is 0 Å². The third kappa shape index (κ3) is 4.96. The molecular weight excluding hydrogens is 304 g/mol. The van der Waals surface area contributed by atoms with Gasteiger partial charge in [-0.2, -0.15) is 0 Å². The van der Waals surface area contributed by atoms with Crippen LogP contribution in [0.2, 0.25) is 0 Å². The van der Waals surface area contributed by atoms with Crippen LogP contribution in [0, 0.1) is 0 Å². The number of nitrogen functional groups attached to an aromatic ring is 1. The van der Waals surface area contributed by atoms with Gasteiger partial charge >= 0.3 is 11.9 Å². The van der Waals surface area contributed by atoms with E-state index in [2.05, 4.69) is 5.32 Å². The number of nitrogens with one attached hydrogen (secondary N) is 1. The van der Waals surface area contributed by atoms with Gasteiger partial charge in [-0.05, 0) is 26.0 Å². The van der Waals surface area contributed by atoms with Crippen molar-refractivity contribution in [2.24, 2.45) is 0 Å².